The molecule has 1 heterocycles. The predicted molar refractivity (Wildman–Crippen MR) is 72.5 cm³/mol. The molecular formula is C16H14FN. The van der Waals surface area contributed by atoms with E-state index in [2.05, 4.69) is 36.0 Å². The van der Waals surface area contributed by atoms with Crippen molar-refractivity contribution in [3.05, 3.63) is 53.4 Å². The van der Waals surface area contributed by atoms with Gasteiger partial charge in [0.2, 0.25) is 0 Å². The number of hydrogen-bond donors (Lipinski definition) is 0. The van der Waals surface area contributed by atoms with E-state index >= 15 is 0 Å². The summed E-state index contributed by atoms with van der Waals surface area (Å²) in [5.74, 6) is 3.11. The van der Waals surface area contributed by atoms with E-state index in [1.807, 2.05) is 0 Å². The van der Waals surface area contributed by atoms with Crippen LogP contribution in [0.25, 0.3) is 5.57 Å². The second-order valence-corrected chi connectivity index (χ2v) is 4.73. The van der Waals surface area contributed by atoms with Crippen molar-refractivity contribution in [2.45, 2.75) is 19.8 Å². The first kappa shape index (κ1) is 11.2. The van der Waals surface area contributed by atoms with Crippen LogP contribution in [-0.4, -0.2) is 5.87 Å². The Morgan fingerprint density at radius 1 is 1.39 bits per heavy atom. The molecule has 0 aromatic heterocycles. The van der Waals surface area contributed by atoms with Crippen molar-refractivity contribution in [3.8, 4) is 0 Å². The first-order valence-electron chi connectivity index (χ1n) is 6.25. The van der Waals surface area contributed by atoms with E-state index in [1.165, 1.54) is 17.7 Å². The van der Waals surface area contributed by atoms with Crippen molar-refractivity contribution in [2.24, 2.45) is 10.9 Å². The van der Waals surface area contributed by atoms with Crippen molar-refractivity contribution < 1.29 is 4.39 Å². The number of halogens is 1. The Balaban J connectivity index is 1.95. The molecule has 0 spiro atoms. The fourth-order valence-corrected chi connectivity index (χ4v) is 2.50. The summed E-state index contributed by atoms with van der Waals surface area (Å²) >= 11 is 0. The van der Waals surface area contributed by atoms with E-state index < -0.39 is 0 Å². The zero-order chi connectivity index (χ0) is 12.5. The number of benzene rings is 1. The van der Waals surface area contributed by atoms with E-state index in [0.717, 1.165) is 24.0 Å². The van der Waals surface area contributed by atoms with E-state index in [4.69, 9.17) is 0 Å². The highest BCUT2D eigenvalue weighted by atomic mass is 19.1. The summed E-state index contributed by atoms with van der Waals surface area (Å²) in [7, 11) is 0. The van der Waals surface area contributed by atoms with E-state index in [0.29, 0.717) is 11.6 Å². The van der Waals surface area contributed by atoms with Crippen LogP contribution in [0.1, 0.15) is 25.3 Å². The van der Waals surface area contributed by atoms with Crippen LogP contribution in [0.5, 0.6) is 0 Å². The molecule has 3 rings (SSSR count). The normalized spacial score (nSPS) is 18.3. The topological polar surface area (TPSA) is 12.4 Å². The fourth-order valence-electron chi connectivity index (χ4n) is 2.50. The standard InChI is InChI=1S/C16H14FN/c1-11(12-5-3-2-4-6-12)15-10-18-16-9-13(17)7-8-14(15)16/h2-3,5,7-9,11H,4,6H2,1H3. The van der Waals surface area contributed by atoms with Gasteiger partial charge in [-0.25, -0.2) is 9.38 Å². The van der Waals surface area contributed by atoms with Gasteiger partial charge in [-0.3, -0.25) is 0 Å². The molecular weight excluding hydrogens is 225 g/mol. The number of fused-ring (bicyclic) bond motifs is 1. The van der Waals surface area contributed by atoms with Crippen LogP contribution in [0, 0.1) is 11.7 Å². The molecule has 2 aliphatic rings. The number of allylic oxidation sites excluding steroid dienone is 5. The second-order valence-electron chi connectivity index (χ2n) is 4.73. The van der Waals surface area contributed by atoms with Crippen LogP contribution >= 0.6 is 0 Å². The van der Waals surface area contributed by atoms with Crippen LogP contribution in [0.4, 0.5) is 10.1 Å². The van der Waals surface area contributed by atoms with Gasteiger partial charge in [0.25, 0.3) is 0 Å². The molecule has 0 N–H and O–H groups in total. The summed E-state index contributed by atoms with van der Waals surface area (Å²) in [5, 5.41) is 0. The van der Waals surface area contributed by atoms with Crippen LogP contribution < -0.4 is 0 Å². The minimum absolute atomic E-state index is 0.243. The quantitative estimate of drug-likeness (QED) is 0.723. The zero-order valence-corrected chi connectivity index (χ0v) is 10.3. The Hall–Kier alpha value is -1.92. The van der Waals surface area contributed by atoms with E-state index in [1.54, 1.807) is 6.07 Å². The van der Waals surface area contributed by atoms with Gasteiger partial charge >= 0.3 is 0 Å². The number of hydrogen-bond acceptors (Lipinski definition) is 1. The first-order valence-corrected chi connectivity index (χ1v) is 6.25. The van der Waals surface area contributed by atoms with Gasteiger partial charge in [-0.15, -0.1) is 0 Å². The lowest BCUT2D eigenvalue weighted by atomic mass is 9.85. The molecule has 0 saturated carbocycles. The molecule has 0 amide bonds. The SMILES string of the molecule is CC(C1=C=Nc2cc(F)ccc21)C1=CC=CCC1. The van der Waals surface area contributed by atoms with E-state index in [9.17, 15) is 4.39 Å². The lowest BCUT2D eigenvalue weighted by molar-refractivity contribution is 0.628. The zero-order valence-electron chi connectivity index (χ0n) is 10.3. The van der Waals surface area contributed by atoms with Gasteiger partial charge in [-0.2, -0.15) is 0 Å². The maximum Gasteiger partial charge on any atom is 0.125 e. The third-order valence-electron chi connectivity index (χ3n) is 3.58. The van der Waals surface area contributed by atoms with Gasteiger partial charge in [-0.1, -0.05) is 30.7 Å². The minimum Gasteiger partial charge on any atom is -0.207 e. The molecule has 0 fully saturated rings. The summed E-state index contributed by atoms with van der Waals surface area (Å²) < 4.78 is 13.1. The van der Waals surface area contributed by atoms with Gasteiger partial charge in [0.15, 0.2) is 0 Å². The number of aliphatic imine (C=N–C) groups is 1. The Labute approximate surface area is 106 Å². The van der Waals surface area contributed by atoms with Crippen LogP contribution in [0.2, 0.25) is 0 Å². The third kappa shape index (κ3) is 1.85. The Bertz CT molecular complexity index is 616. The molecule has 0 bridgehead atoms. The summed E-state index contributed by atoms with van der Waals surface area (Å²) in [6.07, 6.45) is 8.63. The highest BCUT2D eigenvalue weighted by Gasteiger charge is 2.21. The Kier molecular flexibility index (Phi) is 2.73. The van der Waals surface area contributed by atoms with Gasteiger partial charge in [0, 0.05) is 23.1 Å². The fraction of sp³-hybridized carbons (Fsp3) is 0.250. The van der Waals surface area contributed by atoms with Crippen LogP contribution in [0.3, 0.4) is 0 Å². The number of rotatable bonds is 2. The smallest absolute Gasteiger partial charge is 0.125 e. The van der Waals surface area contributed by atoms with Crippen molar-refractivity contribution in [2.75, 3.05) is 0 Å². The van der Waals surface area contributed by atoms with E-state index in [-0.39, 0.29) is 5.82 Å². The number of nitrogens with zero attached hydrogens (tertiary/aromatic N) is 1. The summed E-state index contributed by atoms with van der Waals surface area (Å²) in [5.41, 5.74) is 4.18. The molecule has 1 unspecified atom stereocenters. The summed E-state index contributed by atoms with van der Waals surface area (Å²) in [4.78, 5) is 4.19. The van der Waals surface area contributed by atoms with Crippen molar-refractivity contribution >= 4 is 17.1 Å². The lowest BCUT2D eigenvalue weighted by Crippen LogP contribution is -2.04. The molecule has 1 aromatic rings. The molecule has 0 radical (unpaired) electrons. The van der Waals surface area contributed by atoms with Gasteiger partial charge in [0.05, 0.1) is 5.69 Å². The largest absolute Gasteiger partial charge is 0.207 e. The molecule has 0 saturated heterocycles. The maximum atomic E-state index is 13.1. The minimum atomic E-state index is -0.243. The van der Waals surface area contributed by atoms with Crippen molar-refractivity contribution in [1.29, 1.82) is 0 Å². The highest BCUT2D eigenvalue weighted by Crippen LogP contribution is 2.38. The van der Waals surface area contributed by atoms with Crippen LogP contribution in [0.15, 0.2) is 47.0 Å². The molecule has 1 aromatic carbocycles. The molecule has 1 aliphatic carbocycles. The van der Waals surface area contributed by atoms with Gasteiger partial charge in [0.1, 0.15) is 5.82 Å². The molecule has 90 valence electrons. The monoisotopic (exact) mass is 239 g/mol. The van der Waals surface area contributed by atoms with Gasteiger partial charge < -0.3 is 0 Å². The molecule has 1 nitrogen and oxygen atoms in total. The Morgan fingerprint density at radius 2 is 2.28 bits per heavy atom. The summed E-state index contributed by atoms with van der Waals surface area (Å²) in [6, 6.07) is 4.76. The average molecular weight is 239 g/mol. The molecule has 18 heavy (non-hydrogen) atoms. The highest BCUT2D eigenvalue weighted by molar-refractivity contribution is 6.00. The molecule has 1 aliphatic heterocycles. The first-order chi connectivity index (χ1) is 8.75. The molecule has 1 atom stereocenters. The Morgan fingerprint density at radius 3 is 3.06 bits per heavy atom. The summed E-state index contributed by atoms with van der Waals surface area (Å²) in [6.45, 7) is 2.17. The molecule has 2 heteroatoms. The van der Waals surface area contributed by atoms with Crippen LogP contribution in [-0.2, 0) is 0 Å². The van der Waals surface area contributed by atoms with Crippen molar-refractivity contribution in [3.63, 3.8) is 0 Å². The predicted octanol–water partition coefficient (Wildman–Crippen LogP) is 4.44. The maximum absolute atomic E-state index is 13.1. The lowest BCUT2D eigenvalue weighted by Gasteiger charge is -2.18. The average Bonchev–Trinajstić information content (AvgIpc) is 2.81. The second kappa shape index (κ2) is 4.40. The third-order valence-corrected chi connectivity index (χ3v) is 3.58. The van der Waals surface area contributed by atoms with Gasteiger partial charge in [-0.05, 0) is 30.8 Å². The van der Waals surface area contributed by atoms with Crippen molar-refractivity contribution in [1.82, 2.24) is 0 Å².